The number of aliphatic hydroxyl groups is 1. The lowest BCUT2D eigenvalue weighted by atomic mass is 9.99. The monoisotopic (exact) mass is 289 g/mol. The van der Waals surface area contributed by atoms with Crippen LogP contribution < -0.4 is 0 Å². The maximum absolute atomic E-state index is 12.4. The molecule has 0 radical (unpaired) electrons. The first-order chi connectivity index (χ1) is 9.99. The highest BCUT2D eigenvalue weighted by atomic mass is 16.3. The molecule has 1 amide bonds. The van der Waals surface area contributed by atoms with Gasteiger partial charge < -0.3 is 10.0 Å². The molecular formula is C18H27NO2. The number of carbonyl (C=O) groups is 1. The lowest BCUT2D eigenvalue weighted by molar-refractivity contribution is -0.138. The van der Waals surface area contributed by atoms with Crippen LogP contribution in [0.25, 0.3) is 0 Å². The Labute approximate surface area is 128 Å². The van der Waals surface area contributed by atoms with Gasteiger partial charge in [-0.2, -0.15) is 0 Å². The van der Waals surface area contributed by atoms with Crippen molar-refractivity contribution in [2.24, 2.45) is 5.92 Å². The summed E-state index contributed by atoms with van der Waals surface area (Å²) in [4.78, 5) is 14.1. The summed E-state index contributed by atoms with van der Waals surface area (Å²) in [6.07, 6.45) is 3.97. The zero-order valence-electron chi connectivity index (χ0n) is 13.3. The first-order valence-corrected chi connectivity index (χ1v) is 7.59. The summed E-state index contributed by atoms with van der Waals surface area (Å²) in [5.74, 6) is 0.0573. The van der Waals surface area contributed by atoms with Gasteiger partial charge in [0.2, 0.25) is 5.91 Å². The molecule has 21 heavy (non-hydrogen) atoms. The Bertz CT molecular complexity index is 444. The molecule has 0 aromatic heterocycles. The second-order valence-corrected chi connectivity index (χ2v) is 5.67. The number of rotatable bonds is 8. The van der Waals surface area contributed by atoms with Crippen LogP contribution in [0.3, 0.4) is 0 Å². The van der Waals surface area contributed by atoms with Crippen molar-refractivity contribution in [1.82, 2.24) is 4.90 Å². The van der Waals surface area contributed by atoms with Crippen molar-refractivity contribution < 1.29 is 9.90 Å². The van der Waals surface area contributed by atoms with Crippen LogP contribution in [-0.2, 0) is 4.79 Å². The molecule has 1 rings (SSSR count). The average molecular weight is 289 g/mol. The number of amides is 1. The van der Waals surface area contributed by atoms with Gasteiger partial charge in [-0.15, -0.1) is 6.58 Å². The van der Waals surface area contributed by atoms with Crippen molar-refractivity contribution in [2.45, 2.75) is 45.3 Å². The molecule has 0 aliphatic rings. The third-order valence-corrected chi connectivity index (χ3v) is 4.02. The number of likely N-dealkylation sites (N-methyl/N-ethyl adjacent to an activating group) is 1. The summed E-state index contributed by atoms with van der Waals surface area (Å²) < 4.78 is 0. The summed E-state index contributed by atoms with van der Waals surface area (Å²) in [5.41, 5.74) is 0.837. The highest BCUT2D eigenvalue weighted by molar-refractivity contribution is 5.78. The fourth-order valence-electron chi connectivity index (χ4n) is 2.38. The largest absolute Gasteiger partial charge is 0.386 e. The molecule has 1 aromatic rings. The summed E-state index contributed by atoms with van der Waals surface area (Å²) in [6.45, 7) is 7.52. The SMILES string of the molecule is C=CCCC[C@H](C)C(=O)N(C)[C@H](C)[C@H](O)c1ccccc1. The average Bonchev–Trinajstić information content (AvgIpc) is 2.52. The molecule has 3 heteroatoms. The van der Waals surface area contributed by atoms with Crippen molar-refractivity contribution in [3.8, 4) is 0 Å². The van der Waals surface area contributed by atoms with E-state index in [2.05, 4.69) is 6.58 Å². The smallest absolute Gasteiger partial charge is 0.225 e. The van der Waals surface area contributed by atoms with Crippen molar-refractivity contribution in [2.75, 3.05) is 7.05 Å². The van der Waals surface area contributed by atoms with Gasteiger partial charge in [0, 0.05) is 13.0 Å². The predicted octanol–water partition coefficient (Wildman–Crippen LogP) is 3.56. The second-order valence-electron chi connectivity index (χ2n) is 5.67. The minimum absolute atomic E-state index is 0.0274. The van der Waals surface area contributed by atoms with Crippen LogP contribution in [-0.4, -0.2) is 29.0 Å². The maximum atomic E-state index is 12.4. The van der Waals surface area contributed by atoms with Crippen LogP contribution in [0, 0.1) is 5.92 Å². The van der Waals surface area contributed by atoms with Crippen molar-refractivity contribution in [3.63, 3.8) is 0 Å². The van der Waals surface area contributed by atoms with E-state index in [1.165, 1.54) is 0 Å². The van der Waals surface area contributed by atoms with E-state index >= 15 is 0 Å². The molecule has 0 aliphatic heterocycles. The molecule has 116 valence electrons. The second kappa shape index (κ2) is 8.63. The van der Waals surface area contributed by atoms with Gasteiger partial charge in [0.25, 0.3) is 0 Å². The third kappa shape index (κ3) is 5.01. The highest BCUT2D eigenvalue weighted by Gasteiger charge is 2.26. The number of hydrogen-bond donors (Lipinski definition) is 1. The van der Waals surface area contributed by atoms with Crippen LogP contribution in [0.4, 0.5) is 0 Å². The van der Waals surface area contributed by atoms with E-state index in [1.807, 2.05) is 50.3 Å². The fraction of sp³-hybridized carbons (Fsp3) is 0.500. The Morgan fingerprint density at radius 1 is 1.33 bits per heavy atom. The minimum atomic E-state index is -0.666. The minimum Gasteiger partial charge on any atom is -0.386 e. The number of carbonyl (C=O) groups excluding carboxylic acids is 1. The quantitative estimate of drug-likeness (QED) is 0.587. The topological polar surface area (TPSA) is 40.5 Å². The molecule has 0 spiro atoms. The molecule has 1 aromatic carbocycles. The van der Waals surface area contributed by atoms with E-state index < -0.39 is 6.10 Å². The Balaban J connectivity index is 2.62. The molecule has 1 N–H and O–H groups in total. The van der Waals surface area contributed by atoms with E-state index in [4.69, 9.17) is 0 Å². The summed E-state index contributed by atoms with van der Waals surface area (Å²) in [5, 5.41) is 10.4. The van der Waals surface area contributed by atoms with Crippen molar-refractivity contribution in [1.29, 1.82) is 0 Å². The Morgan fingerprint density at radius 3 is 2.52 bits per heavy atom. The molecular weight excluding hydrogens is 262 g/mol. The number of nitrogens with zero attached hydrogens (tertiary/aromatic N) is 1. The number of benzene rings is 1. The van der Waals surface area contributed by atoms with Gasteiger partial charge in [0.15, 0.2) is 0 Å². The van der Waals surface area contributed by atoms with Crippen molar-refractivity contribution >= 4 is 5.91 Å². The van der Waals surface area contributed by atoms with Gasteiger partial charge in [0.1, 0.15) is 0 Å². The number of unbranched alkanes of at least 4 members (excludes halogenated alkanes) is 1. The van der Waals surface area contributed by atoms with Crippen LogP contribution in [0.2, 0.25) is 0 Å². The summed E-state index contributed by atoms with van der Waals surface area (Å²) in [7, 11) is 1.77. The standard InChI is InChI=1S/C18H27NO2/c1-5-6-8-11-14(2)18(21)19(4)15(3)17(20)16-12-9-7-10-13-16/h5,7,9-10,12-15,17,20H,1,6,8,11H2,2-4H3/t14-,15+,17-/m0/s1. The molecule has 0 bridgehead atoms. The fourth-order valence-corrected chi connectivity index (χ4v) is 2.38. The van der Waals surface area contributed by atoms with E-state index in [0.29, 0.717) is 0 Å². The third-order valence-electron chi connectivity index (χ3n) is 4.02. The highest BCUT2D eigenvalue weighted by Crippen LogP contribution is 2.22. The van der Waals surface area contributed by atoms with Gasteiger partial charge in [-0.3, -0.25) is 4.79 Å². The van der Waals surface area contributed by atoms with Gasteiger partial charge in [-0.1, -0.05) is 43.3 Å². The van der Waals surface area contributed by atoms with Crippen LogP contribution in [0.15, 0.2) is 43.0 Å². The first-order valence-electron chi connectivity index (χ1n) is 7.59. The first kappa shape index (κ1) is 17.4. The van der Waals surface area contributed by atoms with E-state index in [1.54, 1.807) is 11.9 Å². The molecule has 0 saturated carbocycles. The predicted molar refractivity (Wildman–Crippen MR) is 86.8 cm³/mol. The normalized spacial score (nSPS) is 15.0. The molecule has 0 fully saturated rings. The van der Waals surface area contributed by atoms with Gasteiger partial charge >= 0.3 is 0 Å². The van der Waals surface area contributed by atoms with Crippen LogP contribution >= 0.6 is 0 Å². The lowest BCUT2D eigenvalue weighted by Gasteiger charge is -2.31. The summed E-state index contributed by atoms with van der Waals surface area (Å²) in [6, 6.07) is 9.22. The molecule has 0 aliphatic carbocycles. The Kier molecular flexibility index (Phi) is 7.17. The Morgan fingerprint density at radius 2 is 1.95 bits per heavy atom. The molecule has 3 atom stereocenters. The van der Waals surface area contributed by atoms with E-state index in [0.717, 1.165) is 24.8 Å². The van der Waals surface area contributed by atoms with Gasteiger partial charge in [0.05, 0.1) is 12.1 Å². The zero-order valence-corrected chi connectivity index (χ0v) is 13.3. The molecule has 0 heterocycles. The zero-order chi connectivity index (χ0) is 15.8. The molecule has 0 unspecified atom stereocenters. The number of allylic oxidation sites excluding steroid dienone is 1. The summed E-state index contributed by atoms with van der Waals surface area (Å²) >= 11 is 0. The number of aliphatic hydroxyl groups excluding tert-OH is 1. The van der Waals surface area contributed by atoms with Crippen LogP contribution in [0.1, 0.15) is 44.8 Å². The maximum Gasteiger partial charge on any atom is 0.225 e. The van der Waals surface area contributed by atoms with Gasteiger partial charge in [-0.05, 0) is 31.7 Å². The van der Waals surface area contributed by atoms with E-state index in [9.17, 15) is 9.90 Å². The Hall–Kier alpha value is -1.61. The number of hydrogen-bond acceptors (Lipinski definition) is 2. The van der Waals surface area contributed by atoms with E-state index in [-0.39, 0.29) is 17.9 Å². The van der Waals surface area contributed by atoms with Crippen molar-refractivity contribution in [3.05, 3.63) is 48.6 Å². The molecule has 0 saturated heterocycles. The van der Waals surface area contributed by atoms with Crippen LogP contribution in [0.5, 0.6) is 0 Å². The van der Waals surface area contributed by atoms with Gasteiger partial charge in [-0.25, -0.2) is 0 Å². The molecule has 3 nitrogen and oxygen atoms in total. The lowest BCUT2D eigenvalue weighted by Crippen LogP contribution is -2.41.